The topological polar surface area (TPSA) is 80.9 Å². The summed E-state index contributed by atoms with van der Waals surface area (Å²) in [5.41, 5.74) is 1.91. The van der Waals surface area contributed by atoms with Crippen molar-refractivity contribution in [2.24, 2.45) is 0 Å². The van der Waals surface area contributed by atoms with E-state index in [9.17, 15) is 4.79 Å². The number of para-hydroxylation sites is 1. The molecule has 146 valence electrons. The van der Waals surface area contributed by atoms with Gasteiger partial charge in [-0.1, -0.05) is 42.4 Å². The van der Waals surface area contributed by atoms with Gasteiger partial charge in [0.2, 0.25) is 5.13 Å². The quantitative estimate of drug-likeness (QED) is 0.481. The smallest absolute Gasteiger partial charge is 0.258 e. The number of nitrogens with zero attached hydrogens (tertiary/aromatic N) is 3. The number of amides is 1. The SMILES string of the molecule is Cc1ccc(-c2cc(C(=O)Nc3nnc(C4CCCC4)s3)c3ccccc3n2)o1. The molecular formula is C22H20N4O2S. The Morgan fingerprint density at radius 3 is 2.76 bits per heavy atom. The van der Waals surface area contributed by atoms with Gasteiger partial charge >= 0.3 is 0 Å². The molecule has 1 aromatic carbocycles. The molecule has 1 saturated carbocycles. The third-order valence-electron chi connectivity index (χ3n) is 5.32. The van der Waals surface area contributed by atoms with Crippen LogP contribution in [0.15, 0.2) is 46.9 Å². The van der Waals surface area contributed by atoms with E-state index in [1.807, 2.05) is 43.3 Å². The average Bonchev–Trinajstić information content (AvgIpc) is 3.48. The second-order valence-corrected chi connectivity index (χ2v) is 8.37. The Kier molecular flexibility index (Phi) is 4.60. The Labute approximate surface area is 172 Å². The molecule has 3 heterocycles. The molecule has 1 aliphatic rings. The number of carbonyl (C=O) groups is 1. The summed E-state index contributed by atoms with van der Waals surface area (Å²) >= 11 is 1.47. The number of pyridine rings is 1. The number of anilines is 1. The van der Waals surface area contributed by atoms with Crippen LogP contribution in [-0.2, 0) is 0 Å². The van der Waals surface area contributed by atoms with Crippen molar-refractivity contribution in [1.29, 1.82) is 0 Å². The summed E-state index contributed by atoms with van der Waals surface area (Å²) in [5.74, 6) is 1.70. The van der Waals surface area contributed by atoms with Gasteiger partial charge in [-0.15, -0.1) is 10.2 Å². The monoisotopic (exact) mass is 404 g/mol. The summed E-state index contributed by atoms with van der Waals surface area (Å²) in [6.45, 7) is 1.88. The minimum atomic E-state index is -0.220. The van der Waals surface area contributed by atoms with Gasteiger partial charge in [0.15, 0.2) is 5.76 Å². The summed E-state index contributed by atoms with van der Waals surface area (Å²) in [6.07, 6.45) is 4.79. The van der Waals surface area contributed by atoms with E-state index >= 15 is 0 Å². The first-order valence-corrected chi connectivity index (χ1v) is 10.6. The van der Waals surface area contributed by atoms with Gasteiger partial charge in [0.25, 0.3) is 5.91 Å². The predicted octanol–water partition coefficient (Wildman–Crippen LogP) is 5.56. The Morgan fingerprint density at radius 1 is 1.14 bits per heavy atom. The molecule has 0 unspecified atom stereocenters. The number of furan rings is 1. The van der Waals surface area contributed by atoms with Crippen LogP contribution in [0.3, 0.4) is 0 Å². The second-order valence-electron chi connectivity index (χ2n) is 7.36. The van der Waals surface area contributed by atoms with Crippen LogP contribution in [-0.4, -0.2) is 21.1 Å². The molecule has 1 N–H and O–H groups in total. The number of aromatic nitrogens is 3. The van der Waals surface area contributed by atoms with E-state index in [2.05, 4.69) is 20.5 Å². The van der Waals surface area contributed by atoms with Gasteiger partial charge < -0.3 is 4.42 Å². The van der Waals surface area contributed by atoms with E-state index in [-0.39, 0.29) is 5.91 Å². The van der Waals surface area contributed by atoms with Crippen molar-refractivity contribution >= 4 is 33.3 Å². The van der Waals surface area contributed by atoms with Crippen molar-refractivity contribution in [3.8, 4) is 11.5 Å². The van der Waals surface area contributed by atoms with E-state index in [4.69, 9.17) is 4.42 Å². The van der Waals surface area contributed by atoms with Crippen molar-refractivity contribution in [3.05, 3.63) is 58.8 Å². The lowest BCUT2D eigenvalue weighted by Gasteiger charge is -2.08. The number of hydrogen-bond donors (Lipinski definition) is 1. The van der Waals surface area contributed by atoms with Crippen LogP contribution < -0.4 is 5.32 Å². The Morgan fingerprint density at radius 2 is 1.97 bits per heavy atom. The molecule has 0 aliphatic heterocycles. The van der Waals surface area contributed by atoms with Gasteiger partial charge in [-0.2, -0.15) is 0 Å². The molecule has 7 heteroatoms. The Hall–Kier alpha value is -3.06. The summed E-state index contributed by atoms with van der Waals surface area (Å²) < 4.78 is 5.72. The molecule has 3 aromatic heterocycles. The van der Waals surface area contributed by atoms with Crippen molar-refractivity contribution in [2.45, 2.75) is 38.5 Å². The zero-order valence-electron chi connectivity index (χ0n) is 16.0. The van der Waals surface area contributed by atoms with E-state index in [1.165, 1.54) is 24.2 Å². The van der Waals surface area contributed by atoms with Crippen molar-refractivity contribution in [3.63, 3.8) is 0 Å². The molecule has 0 spiro atoms. The highest BCUT2D eigenvalue weighted by molar-refractivity contribution is 7.15. The molecular weight excluding hydrogens is 384 g/mol. The van der Waals surface area contributed by atoms with Crippen LogP contribution >= 0.6 is 11.3 Å². The molecule has 0 bridgehead atoms. The minimum absolute atomic E-state index is 0.220. The lowest BCUT2D eigenvalue weighted by atomic mass is 10.1. The Bertz CT molecular complexity index is 1190. The number of hydrogen-bond acceptors (Lipinski definition) is 6. The van der Waals surface area contributed by atoms with Crippen molar-refractivity contribution < 1.29 is 9.21 Å². The van der Waals surface area contributed by atoms with Gasteiger partial charge in [-0.3, -0.25) is 10.1 Å². The van der Waals surface area contributed by atoms with E-state index in [0.717, 1.165) is 34.5 Å². The van der Waals surface area contributed by atoms with Gasteiger partial charge in [-0.05, 0) is 44.0 Å². The number of benzene rings is 1. The molecule has 1 amide bonds. The first-order chi connectivity index (χ1) is 14.2. The fourth-order valence-electron chi connectivity index (χ4n) is 3.85. The number of carbonyl (C=O) groups excluding carboxylic acids is 1. The summed E-state index contributed by atoms with van der Waals surface area (Å²) in [4.78, 5) is 17.8. The van der Waals surface area contributed by atoms with E-state index < -0.39 is 0 Å². The standard InChI is InChI=1S/C22H20N4O2S/c1-13-10-11-19(28-13)18-12-16(15-8-4-5-9-17(15)23-18)20(27)24-22-26-25-21(29-22)14-6-2-3-7-14/h4-5,8-12,14H,2-3,6-7H2,1H3,(H,24,26,27). The highest BCUT2D eigenvalue weighted by Gasteiger charge is 2.22. The van der Waals surface area contributed by atoms with E-state index in [0.29, 0.717) is 28.1 Å². The summed E-state index contributed by atoms with van der Waals surface area (Å²) in [7, 11) is 0. The van der Waals surface area contributed by atoms with Gasteiger partial charge in [0, 0.05) is 11.3 Å². The molecule has 0 atom stereocenters. The normalized spacial score (nSPS) is 14.5. The lowest BCUT2D eigenvalue weighted by Crippen LogP contribution is -2.13. The van der Waals surface area contributed by atoms with Crippen LogP contribution in [0.2, 0.25) is 0 Å². The average molecular weight is 404 g/mol. The van der Waals surface area contributed by atoms with Crippen LogP contribution in [0.4, 0.5) is 5.13 Å². The zero-order valence-corrected chi connectivity index (χ0v) is 16.8. The molecule has 1 fully saturated rings. The maximum atomic E-state index is 13.1. The van der Waals surface area contributed by atoms with E-state index in [1.54, 1.807) is 6.07 Å². The Balaban J connectivity index is 1.49. The fourth-order valence-corrected chi connectivity index (χ4v) is 4.76. The van der Waals surface area contributed by atoms with Gasteiger partial charge in [-0.25, -0.2) is 4.98 Å². The maximum absolute atomic E-state index is 13.1. The molecule has 5 rings (SSSR count). The molecule has 6 nitrogen and oxygen atoms in total. The molecule has 1 aliphatic carbocycles. The van der Waals surface area contributed by atoms with Crippen LogP contribution in [0.25, 0.3) is 22.4 Å². The van der Waals surface area contributed by atoms with Crippen molar-refractivity contribution in [1.82, 2.24) is 15.2 Å². The highest BCUT2D eigenvalue weighted by Crippen LogP contribution is 2.36. The summed E-state index contributed by atoms with van der Waals surface area (Å²) in [5, 5.41) is 13.8. The first kappa shape index (κ1) is 18.0. The maximum Gasteiger partial charge on any atom is 0.258 e. The predicted molar refractivity (Wildman–Crippen MR) is 113 cm³/mol. The molecule has 4 aromatic rings. The molecule has 29 heavy (non-hydrogen) atoms. The molecule has 0 saturated heterocycles. The fraction of sp³-hybridized carbons (Fsp3) is 0.273. The molecule has 0 radical (unpaired) electrons. The number of fused-ring (bicyclic) bond motifs is 1. The number of aryl methyl sites for hydroxylation is 1. The van der Waals surface area contributed by atoms with Gasteiger partial charge in [0.05, 0.1) is 11.1 Å². The summed E-state index contributed by atoms with van der Waals surface area (Å²) in [6, 6.07) is 13.1. The lowest BCUT2D eigenvalue weighted by molar-refractivity contribution is 0.102. The number of rotatable bonds is 4. The highest BCUT2D eigenvalue weighted by atomic mass is 32.1. The third-order valence-corrected chi connectivity index (χ3v) is 6.32. The first-order valence-electron chi connectivity index (χ1n) is 9.79. The third kappa shape index (κ3) is 3.53. The van der Waals surface area contributed by atoms with Crippen molar-refractivity contribution in [2.75, 3.05) is 5.32 Å². The zero-order chi connectivity index (χ0) is 19.8. The largest absolute Gasteiger partial charge is 0.460 e. The second kappa shape index (κ2) is 7.40. The van der Waals surface area contributed by atoms with Gasteiger partial charge in [0.1, 0.15) is 16.5 Å². The van der Waals surface area contributed by atoms with Crippen LogP contribution in [0, 0.1) is 6.92 Å². The minimum Gasteiger partial charge on any atom is -0.460 e. The number of nitrogens with one attached hydrogen (secondary N) is 1. The van der Waals surface area contributed by atoms with Crippen LogP contribution in [0.5, 0.6) is 0 Å². The van der Waals surface area contributed by atoms with Crippen LogP contribution in [0.1, 0.15) is 52.7 Å².